The van der Waals surface area contributed by atoms with Crippen LogP contribution in [0.5, 0.6) is 5.75 Å². The molecule has 1 aromatic carbocycles. The summed E-state index contributed by atoms with van der Waals surface area (Å²) < 4.78 is 10.7. The number of carbonyl (C=O) groups excluding carboxylic acids is 2. The molecule has 0 aliphatic carbocycles. The van der Waals surface area contributed by atoms with E-state index >= 15 is 0 Å². The van der Waals surface area contributed by atoms with Crippen LogP contribution in [0.4, 0.5) is 5.69 Å². The Bertz CT molecular complexity index is 719. The molecule has 1 aromatic heterocycles. The van der Waals surface area contributed by atoms with Gasteiger partial charge in [-0.2, -0.15) is 0 Å². The molecule has 2 amide bonds. The maximum absolute atomic E-state index is 12.2. The lowest BCUT2D eigenvalue weighted by atomic mass is 9.99. The van der Waals surface area contributed by atoms with Crippen LogP contribution in [0.2, 0.25) is 0 Å². The van der Waals surface area contributed by atoms with E-state index in [1.165, 1.54) is 6.26 Å². The molecule has 0 atom stereocenters. The van der Waals surface area contributed by atoms with E-state index in [1.807, 2.05) is 4.90 Å². The van der Waals surface area contributed by atoms with Gasteiger partial charge in [-0.05, 0) is 43.0 Å². The Labute approximate surface area is 146 Å². The van der Waals surface area contributed by atoms with Crippen LogP contribution in [0.15, 0.2) is 47.1 Å². The van der Waals surface area contributed by atoms with Gasteiger partial charge in [-0.25, -0.2) is 0 Å². The largest absolute Gasteiger partial charge is 0.484 e. The van der Waals surface area contributed by atoms with Crippen molar-refractivity contribution in [1.82, 2.24) is 4.90 Å². The van der Waals surface area contributed by atoms with Crippen molar-refractivity contribution >= 4 is 17.5 Å². The molecule has 0 saturated carbocycles. The fraction of sp³-hybridized carbons (Fsp3) is 0.368. The lowest BCUT2D eigenvalue weighted by molar-refractivity contribution is -0.134. The number of amides is 2. The Kier molecular flexibility index (Phi) is 5.38. The average Bonchev–Trinajstić information content (AvgIpc) is 3.15. The third kappa shape index (κ3) is 4.62. The molecule has 3 rings (SSSR count). The first-order valence-electron chi connectivity index (χ1n) is 8.47. The predicted molar refractivity (Wildman–Crippen MR) is 93.6 cm³/mol. The Morgan fingerprint density at radius 1 is 1.24 bits per heavy atom. The van der Waals surface area contributed by atoms with E-state index in [4.69, 9.17) is 9.15 Å². The first-order chi connectivity index (χ1) is 12.1. The van der Waals surface area contributed by atoms with E-state index in [1.54, 1.807) is 36.4 Å². The van der Waals surface area contributed by atoms with Crippen LogP contribution < -0.4 is 10.1 Å². The number of nitrogens with one attached hydrogen (secondary N) is 1. The Morgan fingerprint density at radius 2 is 2.04 bits per heavy atom. The summed E-state index contributed by atoms with van der Waals surface area (Å²) in [4.78, 5) is 26.0. The van der Waals surface area contributed by atoms with Gasteiger partial charge in [-0.3, -0.25) is 9.59 Å². The van der Waals surface area contributed by atoms with E-state index in [2.05, 4.69) is 12.2 Å². The molecule has 2 aromatic rings. The minimum atomic E-state index is -0.333. The maximum atomic E-state index is 12.2. The highest BCUT2D eigenvalue weighted by Crippen LogP contribution is 2.19. The zero-order chi connectivity index (χ0) is 17.6. The summed E-state index contributed by atoms with van der Waals surface area (Å²) in [5.74, 6) is 1.12. The quantitative estimate of drug-likeness (QED) is 0.906. The molecular formula is C19H22N2O4. The van der Waals surface area contributed by atoms with Crippen molar-refractivity contribution in [3.05, 3.63) is 48.4 Å². The van der Waals surface area contributed by atoms with E-state index in [0.717, 1.165) is 25.9 Å². The van der Waals surface area contributed by atoms with Gasteiger partial charge in [0.2, 0.25) is 0 Å². The van der Waals surface area contributed by atoms with Crippen LogP contribution in [-0.2, 0) is 4.79 Å². The minimum Gasteiger partial charge on any atom is -0.484 e. The number of hydrogen-bond acceptors (Lipinski definition) is 4. The lowest BCUT2D eigenvalue weighted by Gasteiger charge is -2.30. The number of benzene rings is 1. The minimum absolute atomic E-state index is 0.00285. The summed E-state index contributed by atoms with van der Waals surface area (Å²) in [6, 6.07) is 10.2. The van der Waals surface area contributed by atoms with E-state index < -0.39 is 0 Å². The zero-order valence-electron chi connectivity index (χ0n) is 14.2. The average molecular weight is 342 g/mol. The van der Waals surface area contributed by atoms with Crippen molar-refractivity contribution in [2.75, 3.05) is 25.0 Å². The van der Waals surface area contributed by atoms with Gasteiger partial charge in [0.1, 0.15) is 5.75 Å². The van der Waals surface area contributed by atoms with Crippen LogP contribution in [0, 0.1) is 5.92 Å². The molecule has 1 aliphatic rings. The van der Waals surface area contributed by atoms with E-state index in [9.17, 15) is 9.59 Å². The first-order valence-corrected chi connectivity index (χ1v) is 8.47. The van der Waals surface area contributed by atoms with Gasteiger partial charge in [0, 0.05) is 24.8 Å². The molecule has 6 heteroatoms. The predicted octanol–water partition coefficient (Wildman–Crippen LogP) is 3.17. The topological polar surface area (TPSA) is 71.8 Å². The van der Waals surface area contributed by atoms with Gasteiger partial charge < -0.3 is 19.4 Å². The van der Waals surface area contributed by atoms with E-state index in [-0.39, 0.29) is 24.2 Å². The molecule has 1 aliphatic heterocycles. The number of rotatable bonds is 5. The molecule has 1 fully saturated rings. The highest BCUT2D eigenvalue weighted by atomic mass is 16.5. The fourth-order valence-corrected chi connectivity index (χ4v) is 2.76. The van der Waals surface area contributed by atoms with Crippen LogP contribution in [-0.4, -0.2) is 36.4 Å². The van der Waals surface area contributed by atoms with Crippen molar-refractivity contribution in [2.45, 2.75) is 19.8 Å². The standard InChI is InChI=1S/C19H22N2O4/c1-14-7-9-21(10-8-14)18(22)13-25-16-5-2-4-15(12-16)20-19(23)17-6-3-11-24-17/h2-6,11-12,14H,7-10,13H2,1H3,(H,20,23). The van der Waals surface area contributed by atoms with Crippen molar-refractivity contribution in [3.8, 4) is 5.75 Å². The summed E-state index contributed by atoms with van der Waals surface area (Å²) in [6.45, 7) is 3.80. The normalized spacial score (nSPS) is 15.0. The number of anilines is 1. The summed E-state index contributed by atoms with van der Waals surface area (Å²) in [6.07, 6.45) is 3.53. The van der Waals surface area contributed by atoms with Gasteiger partial charge in [-0.1, -0.05) is 13.0 Å². The first kappa shape index (κ1) is 17.1. The molecule has 2 heterocycles. The van der Waals surface area contributed by atoms with Crippen molar-refractivity contribution < 1.29 is 18.7 Å². The number of carbonyl (C=O) groups is 2. The SMILES string of the molecule is CC1CCN(C(=O)COc2cccc(NC(=O)c3ccco3)c2)CC1. The van der Waals surface area contributed by atoms with Crippen LogP contribution in [0.25, 0.3) is 0 Å². The van der Waals surface area contributed by atoms with Gasteiger partial charge in [0.05, 0.1) is 6.26 Å². The fourth-order valence-electron chi connectivity index (χ4n) is 2.76. The molecule has 0 bridgehead atoms. The van der Waals surface area contributed by atoms with Crippen molar-refractivity contribution in [1.29, 1.82) is 0 Å². The Balaban J connectivity index is 1.53. The van der Waals surface area contributed by atoms with Gasteiger partial charge in [0.15, 0.2) is 12.4 Å². The van der Waals surface area contributed by atoms with Crippen LogP contribution in [0.3, 0.4) is 0 Å². The third-order valence-electron chi connectivity index (χ3n) is 4.34. The van der Waals surface area contributed by atoms with Gasteiger partial charge in [-0.15, -0.1) is 0 Å². The van der Waals surface area contributed by atoms with Crippen LogP contribution in [0.1, 0.15) is 30.3 Å². The highest BCUT2D eigenvalue weighted by molar-refractivity contribution is 6.02. The number of nitrogens with zero attached hydrogens (tertiary/aromatic N) is 1. The van der Waals surface area contributed by atoms with Crippen molar-refractivity contribution in [3.63, 3.8) is 0 Å². The molecule has 1 saturated heterocycles. The summed E-state index contributed by atoms with van der Waals surface area (Å²) in [5.41, 5.74) is 0.582. The molecular weight excluding hydrogens is 320 g/mol. The molecule has 1 N–H and O–H groups in total. The second kappa shape index (κ2) is 7.88. The molecule has 25 heavy (non-hydrogen) atoms. The zero-order valence-corrected chi connectivity index (χ0v) is 14.2. The number of ether oxygens (including phenoxy) is 1. The Hall–Kier alpha value is -2.76. The summed E-state index contributed by atoms with van der Waals surface area (Å²) in [7, 11) is 0. The smallest absolute Gasteiger partial charge is 0.291 e. The van der Waals surface area contributed by atoms with Crippen LogP contribution >= 0.6 is 0 Å². The number of furan rings is 1. The lowest BCUT2D eigenvalue weighted by Crippen LogP contribution is -2.40. The summed E-state index contributed by atoms with van der Waals surface area (Å²) in [5, 5.41) is 2.73. The third-order valence-corrected chi connectivity index (χ3v) is 4.34. The monoisotopic (exact) mass is 342 g/mol. The highest BCUT2D eigenvalue weighted by Gasteiger charge is 2.20. The second-order valence-corrected chi connectivity index (χ2v) is 6.31. The number of hydrogen-bond donors (Lipinski definition) is 1. The summed E-state index contributed by atoms with van der Waals surface area (Å²) >= 11 is 0. The van der Waals surface area contributed by atoms with E-state index in [0.29, 0.717) is 17.4 Å². The van der Waals surface area contributed by atoms with Gasteiger partial charge >= 0.3 is 0 Å². The molecule has 0 radical (unpaired) electrons. The van der Waals surface area contributed by atoms with Gasteiger partial charge in [0.25, 0.3) is 11.8 Å². The number of likely N-dealkylation sites (tertiary alicyclic amines) is 1. The molecule has 0 unspecified atom stereocenters. The second-order valence-electron chi connectivity index (χ2n) is 6.31. The van der Waals surface area contributed by atoms with Crippen molar-refractivity contribution in [2.24, 2.45) is 5.92 Å². The maximum Gasteiger partial charge on any atom is 0.291 e. The number of piperidine rings is 1. The molecule has 0 spiro atoms. The molecule has 6 nitrogen and oxygen atoms in total. The molecule has 132 valence electrons. The Morgan fingerprint density at radius 3 is 2.76 bits per heavy atom.